The van der Waals surface area contributed by atoms with Gasteiger partial charge in [0.2, 0.25) is 5.91 Å². The molecule has 0 heterocycles. The van der Waals surface area contributed by atoms with Crippen molar-refractivity contribution in [3.63, 3.8) is 0 Å². The number of hydrogen-bond donors (Lipinski definition) is 2. The van der Waals surface area contributed by atoms with E-state index in [9.17, 15) is 9.90 Å². The monoisotopic (exact) mass is 315 g/mol. The van der Waals surface area contributed by atoms with Crippen LogP contribution in [-0.4, -0.2) is 30.3 Å². The zero-order valence-corrected chi connectivity index (χ0v) is 12.9. The summed E-state index contributed by atoms with van der Waals surface area (Å²) in [6.45, 7) is 0.702. The zero-order chi connectivity index (χ0) is 16.5. The Morgan fingerprint density at radius 1 is 1.04 bits per heavy atom. The van der Waals surface area contributed by atoms with Crippen LogP contribution in [0.5, 0.6) is 5.75 Å². The number of hydrogen-bond acceptors (Lipinski definition) is 4. The van der Waals surface area contributed by atoms with Crippen LogP contribution in [-0.2, 0) is 22.6 Å². The fourth-order valence-electron chi connectivity index (χ4n) is 2.10. The van der Waals surface area contributed by atoms with Gasteiger partial charge < -0.3 is 20.3 Å². The van der Waals surface area contributed by atoms with E-state index < -0.39 is 12.0 Å². The van der Waals surface area contributed by atoms with Crippen LogP contribution in [0.15, 0.2) is 54.6 Å². The van der Waals surface area contributed by atoms with E-state index in [1.54, 1.807) is 18.2 Å². The van der Waals surface area contributed by atoms with E-state index >= 15 is 0 Å². The minimum absolute atomic E-state index is 0.0879. The maximum absolute atomic E-state index is 11.0. The summed E-state index contributed by atoms with van der Waals surface area (Å²) < 4.78 is 11.0. The SMILES string of the molecule is NC(=O)Cc1ccccc1OC[C@@H](O)COCc1ccccc1. The van der Waals surface area contributed by atoms with Gasteiger partial charge in [0.1, 0.15) is 18.5 Å². The summed E-state index contributed by atoms with van der Waals surface area (Å²) in [7, 11) is 0. The summed E-state index contributed by atoms with van der Waals surface area (Å²) >= 11 is 0. The summed E-state index contributed by atoms with van der Waals surface area (Å²) in [6, 6.07) is 16.9. The van der Waals surface area contributed by atoms with Crippen LogP contribution in [0.25, 0.3) is 0 Å². The van der Waals surface area contributed by atoms with Gasteiger partial charge in [-0.25, -0.2) is 0 Å². The van der Waals surface area contributed by atoms with Crippen LogP contribution in [0.4, 0.5) is 0 Å². The highest BCUT2D eigenvalue weighted by molar-refractivity contribution is 5.77. The highest BCUT2D eigenvalue weighted by atomic mass is 16.5. The minimum atomic E-state index is -0.750. The van der Waals surface area contributed by atoms with Crippen LogP contribution >= 0.6 is 0 Å². The molecule has 0 saturated heterocycles. The molecular formula is C18H21NO4. The predicted molar refractivity (Wildman–Crippen MR) is 86.9 cm³/mol. The molecule has 1 atom stereocenters. The van der Waals surface area contributed by atoms with E-state index in [1.807, 2.05) is 36.4 Å². The summed E-state index contributed by atoms with van der Waals surface area (Å²) in [5.41, 5.74) is 6.96. The summed E-state index contributed by atoms with van der Waals surface area (Å²) in [5, 5.41) is 9.92. The average molecular weight is 315 g/mol. The maximum atomic E-state index is 11.0. The second-order valence-corrected chi connectivity index (χ2v) is 5.22. The molecule has 0 unspecified atom stereocenters. The van der Waals surface area contributed by atoms with Gasteiger partial charge in [-0.1, -0.05) is 48.5 Å². The minimum Gasteiger partial charge on any atom is -0.491 e. The molecule has 0 spiro atoms. The maximum Gasteiger partial charge on any atom is 0.221 e. The number of aliphatic hydroxyl groups is 1. The first-order valence-electron chi connectivity index (χ1n) is 7.44. The summed E-state index contributed by atoms with van der Waals surface area (Å²) in [5.74, 6) is 0.126. The molecule has 2 aromatic carbocycles. The molecule has 0 aliphatic rings. The second-order valence-electron chi connectivity index (χ2n) is 5.22. The first-order chi connectivity index (χ1) is 11.1. The second kappa shape index (κ2) is 8.92. The normalized spacial score (nSPS) is 11.9. The van der Waals surface area contributed by atoms with Gasteiger partial charge in [-0.2, -0.15) is 0 Å². The molecule has 122 valence electrons. The molecule has 0 bridgehead atoms. The largest absolute Gasteiger partial charge is 0.491 e. The smallest absolute Gasteiger partial charge is 0.221 e. The van der Waals surface area contributed by atoms with Crippen molar-refractivity contribution >= 4 is 5.91 Å². The van der Waals surface area contributed by atoms with Crippen LogP contribution in [0.2, 0.25) is 0 Å². The van der Waals surface area contributed by atoms with E-state index in [1.165, 1.54) is 0 Å². The van der Waals surface area contributed by atoms with E-state index in [2.05, 4.69) is 0 Å². The van der Waals surface area contributed by atoms with Crippen molar-refractivity contribution in [3.05, 3.63) is 65.7 Å². The first kappa shape index (κ1) is 17.0. The molecule has 0 aliphatic carbocycles. The molecule has 1 amide bonds. The third kappa shape index (κ3) is 6.10. The van der Waals surface area contributed by atoms with Crippen LogP contribution in [0, 0.1) is 0 Å². The van der Waals surface area contributed by atoms with E-state index in [4.69, 9.17) is 15.2 Å². The molecule has 0 aromatic heterocycles. The first-order valence-corrected chi connectivity index (χ1v) is 7.44. The van der Waals surface area contributed by atoms with Crippen LogP contribution in [0.1, 0.15) is 11.1 Å². The Bertz CT molecular complexity index is 615. The highest BCUT2D eigenvalue weighted by Crippen LogP contribution is 2.18. The van der Waals surface area contributed by atoms with Gasteiger partial charge >= 0.3 is 0 Å². The Hall–Kier alpha value is -2.37. The molecule has 0 radical (unpaired) electrons. The van der Waals surface area contributed by atoms with Crippen molar-refractivity contribution in [2.75, 3.05) is 13.2 Å². The topological polar surface area (TPSA) is 81.8 Å². The number of rotatable bonds is 9. The molecule has 3 N–H and O–H groups in total. The fourth-order valence-corrected chi connectivity index (χ4v) is 2.10. The van der Waals surface area contributed by atoms with Crippen molar-refractivity contribution in [2.24, 2.45) is 5.73 Å². The summed E-state index contributed by atoms with van der Waals surface area (Å²) in [4.78, 5) is 11.0. The van der Waals surface area contributed by atoms with Crippen molar-refractivity contribution < 1.29 is 19.4 Å². The molecule has 0 fully saturated rings. The van der Waals surface area contributed by atoms with E-state index in [0.29, 0.717) is 17.9 Å². The number of amides is 1. The number of aliphatic hydroxyl groups excluding tert-OH is 1. The quantitative estimate of drug-likeness (QED) is 0.737. The molecular weight excluding hydrogens is 294 g/mol. The Balaban J connectivity index is 1.76. The Labute approximate surface area is 135 Å². The Morgan fingerprint density at radius 3 is 2.48 bits per heavy atom. The van der Waals surface area contributed by atoms with Crippen molar-refractivity contribution in [1.82, 2.24) is 0 Å². The Kier molecular flexibility index (Phi) is 6.59. The number of benzene rings is 2. The van der Waals surface area contributed by atoms with Gasteiger partial charge in [0.15, 0.2) is 0 Å². The summed E-state index contributed by atoms with van der Waals surface area (Å²) in [6.07, 6.45) is -0.642. The number of carbonyl (C=O) groups is 1. The number of para-hydroxylation sites is 1. The number of nitrogens with two attached hydrogens (primary N) is 1. The molecule has 0 saturated carbocycles. The van der Waals surface area contributed by atoms with Gasteiger partial charge in [-0.3, -0.25) is 4.79 Å². The van der Waals surface area contributed by atoms with Crippen molar-refractivity contribution in [3.8, 4) is 5.75 Å². The van der Waals surface area contributed by atoms with Crippen LogP contribution < -0.4 is 10.5 Å². The molecule has 5 nitrogen and oxygen atoms in total. The van der Waals surface area contributed by atoms with Gasteiger partial charge in [0.05, 0.1) is 19.6 Å². The molecule has 23 heavy (non-hydrogen) atoms. The fraction of sp³-hybridized carbons (Fsp3) is 0.278. The molecule has 0 aliphatic heterocycles. The molecule has 2 aromatic rings. The lowest BCUT2D eigenvalue weighted by Crippen LogP contribution is -2.24. The van der Waals surface area contributed by atoms with E-state index in [-0.39, 0.29) is 19.6 Å². The lowest BCUT2D eigenvalue weighted by Gasteiger charge is -2.15. The van der Waals surface area contributed by atoms with E-state index in [0.717, 1.165) is 5.56 Å². The van der Waals surface area contributed by atoms with Gasteiger partial charge in [0, 0.05) is 5.56 Å². The number of ether oxygens (including phenoxy) is 2. The van der Waals surface area contributed by atoms with Gasteiger partial charge in [-0.05, 0) is 11.6 Å². The number of primary amides is 1. The standard InChI is InChI=1S/C18H21NO4/c19-18(21)10-15-8-4-5-9-17(15)23-13-16(20)12-22-11-14-6-2-1-3-7-14/h1-9,16,20H,10-13H2,(H2,19,21)/t16-/m0/s1. The lowest BCUT2D eigenvalue weighted by molar-refractivity contribution is -0.117. The van der Waals surface area contributed by atoms with Crippen LogP contribution in [0.3, 0.4) is 0 Å². The predicted octanol–water partition coefficient (Wildman–Crippen LogP) is 1.67. The average Bonchev–Trinajstić information content (AvgIpc) is 2.54. The Morgan fingerprint density at radius 2 is 1.74 bits per heavy atom. The third-order valence-corrected chi connectivity index (χ3v) is 3.19. The molecule has 2 rings (SSSR count). The lowest BCUT2D eigenvalue weighted by atomic mass is 10.1. The number of carbonyl (C=O) groups excluding carboxylic acids is 1. The van der Waals surface area contributed by atoms with Crippen molar-refractivity contribution in [2.45, 2.75) is 19.1 Å². The van der Waals surface area contributed by atoms with Gasteiger partial charge in [0.25, 0.3) is 0 Å². The zero-order valence-electron chi connectivity index (χ0n) is 12.9. The van der Waals surface area contributed by atoms with Crippen molar-refractivity contribution in [1.29, 1.82) is 0 Å². The van der Waals surface area contributed by atoms with Gasteiger partial charge in [-0.15, -0.1) is 0 Å². The molecule has 5 heteroatoms. The highest BCUT2D eigenvalue weighted by Gasteiger charge is 2.10. The third-order valence-electron chi connectivity index (χ3n) is 3.19.